The molecule has 0 bridgehead atoms. The lowest BCUT2D eigenvalue weighted by molar-refractivity contribution is -0.138. The summed E-state index contributed by atoms with van der Waals surface area (Å²) in [5.74, 6) is 5.10. The Hall–Kier alpha value is -3.34. The van der Waals surface area contributed by atoms with Crippen molar-refractivity contribution in [2.45, 2.75) is 19.7 Å². The Kier molecular flexibility index (Phi) is 7.37. The van der Waals surface area contributed by atoms with Crippen molar-refractivity contribution < 1.29 is 27.5 Å². The van der Waals surface area contributed by atoms with Crippen molar-refractivity contribution in [1.29, 1.82) is 5.41 Å². The van der Waals surface area contributed by atoms with Crippen molar-refractivity contribution >= 4 is 11.5 Å². The smallest absolute Gasteiger partial charge is 0.419 e. The van der Waals surface area contributed by atoms with Crippen LogP contribution < -0.4 is 20.7 Å². The van der Waals surface area contributed by atoms with Gasteiger partial charge in [-0.3, -0.25) is 5.41 Å². The van der Waals surface area contributed by atoms with Gasteiger partial charge in [0.2, 0.25) is 5.88 Å². The third kappa shape index (κ3) is 6.35. The summed E-state index contributed by atoms with van der Waals surface area (Å²) >= 11 is 0. The molecule has 0 aliphatic heterocycles. The van der Waals surface area contributed by atoms with Crippen molar-refractivity contribution in [2.24, 2.45) is 11.0 Å². The van der Waals surface area contributed by atoms with Gasteiger partial charge in [0, 0.05) is 17.8 Å². The van der Waals surface area contributed by atoms with Crippen LogP contribution in [0.25, 0.3) is 0 Å². The molecule has 0 unspecified atom stereocenters. The van der Waals surface area contributed by atoms with Gasteiger partial charge in [0.25, 0.3) is 0 Å². The standard InChI is InChI=1S/C18H20F3N5O3/c1-11(13-4-6-17(24-8-13)28-10-16(22)25-23)26-29-9-12-3-5-14(18(19,20)21)15(7-12)27-2/h3-8H,9-10,23H2,1-2H3,(H2,22,25)/b26-11+. The number of halogens is 3. The average molecular weight is 411 g/mol. The lowest BCUT2D eigenvalue weighted by Crippen LogP contribution is -2.33. The van der Waals surface area contributed by atoms with Gasteiger partial charge < -0.3 is 19.7 Å². The number of aromatic nitrogens is 1. The molecule has 0 atom stereocenters. The highest BCUT2D eigenvalue weighted by Crippen LogP contribution is 2.36. The molecule has 8 nitrogen and oxygen atoms in total. The van der Waals surface area contributed by atoms with Crippen LogP contribution in [-0.4, -0.2) is 30.2 Å². The number of oxime groups is 1. The minimum atomic E-state index is -4.50. The lowest BCUT2D eigenvalue weighted by Gasteiger charge is -2.13. The fourth-order valence-electron chi connectivity index (χ4n) is 2.18. The maximum atomic E-state index is 12.9. The fourth-order valence-corrected chi connectivity index (χ4v) is 2.18. The number of hydrogen-bond acceptors (Lipinski definition) is 7. The lowest BCUT2D eigenvalue weighted by atomic mass is 10.1. The van der Waals surface area contributed by atoms with Crippen molar-refractivity contribution in [2.75, 3.05) is 13.7 Å². The zero-order valence-electron chi connectivity index (χ0n) is 15.7. The van der Waals surface area contributed by atoms with Crippen LogP contribution in [0.4, 0.5) is 13.2 Å². The highest BCUT2D eigenvalue weighted by Gasteiger charge is 2.34. The Labute approximate surface area is 164 Å². The van der Waals surface area contributed by atoms with E-state index in [2.05, 4.69) is 15.6 Å². The molecule has 0 saturated carbocycles. The largest absolute Gasteiger partial charge is 0.496 e. The molecule has 4 N–H and O–H groups in total. The number of ether oxygens (including phenoxy) is 2. The maximum Gasteiger partial charge on any atom is 0.419 e. The molecule has 2 rings (SSSR count). The minimum Gasteiger partial charge on any atom is -0.496 e. The normalized spacial score (nSPS) is 11.7. The van der Waals surface area contributed by atoms with E-state index in [9.17, 15) is 13.2 Å². The zero-order chi connectivity index (χ0) is 21.4. The fraction of sp³-hybridized carbons (Fsp3) is 0.278. The Morgan fingerprint density at radius 3 is 2.62 bits per heavy atom. The highest BCUT2D eigenvalue weighted by molar-refractivity contribution is 5.98. The molecule has 1 aromatic carbocycles. The van der Waals surface area contributed by atoms with Crippen molar-refractivity contribution in [1.82, 2.24) is 10.4 Å². The second kappa shape index (κ2) is 9.73. The summed E-state index contributed by atoms with van der Waals surface area (Å²) in [4.78, 5) is 9.31. The number of hydrazine groups is 1. The van der Waals surface area contributed by atoms with Gasteiger partial charge in [0.1, 0.15) is 24.8 Å². The molecular weight excluding hydrogens is 391 g/mol. The molecule has 2 aromatic rings. The van der Waals surface area contributed by atoms with E-state index in [4.69, 9.17) is 25.6 Å². The van der Waals surface area contributed by atoms with Crippen LogP contribution in [0.1, 0.15) is 23.6 Å². The number of nitrogens with zero attached hydrogens (tertiary/aromatic N) is 2. The SMILES string of the molecule is COc1cc(CO/N=C(\C)c2ccc(OCC(=N)NN)nc2)ccc1C(F)(F)F. The van der Waals surface area contributed by atoms with E-state index in [-0.39, 0.29) is 24.8 Å². The summed E-state index contributed by atoms with van der Waals surface area (Å²) in [7, 11) is 1.17. The topological polar surface area (TPSA) is 115 Å². The van der Waals surface area contributed by atoms with Crippen molar-refractivity contribution in [3.8, 4) is 11.6 Å². The average Bonchev–Trinajstić information content (AvgIpc) is 2.71. The number of nitrogens with two attached hydrogens (primary N) is 1. The number of benzene rings is 1. The third-order valence-electron chi connectivity index (χ3n) is 3.70. The number of pyridine rings is 1. The van der Waals surface area contributed by atoms with E-state index in [0.717, 1.165) is 6.07 Å². The number of hydrogen-bond donors (Lipinski definition) is 3. The summed E-state index contributed by atoms with van der Waals surface area (Å²) < 4.78 is 48.7. The molecule has 0 radical (unpaired) electrons. The first-order valence-electron chi connectivity index (χ1n) is 8.28. The predicted molar refractivity (Wildman–Crippen MR) is 99.8 cm³/mol. The molecule has 0 aliphatic carbocycles. The van der Waals surface area contributed by atoms with Gasteiger partial charge >= 0.3 is 6.18 Å². The van der Waals surface area contributed by atoms with Crippen LogP contribution in [0, 0.1) is 5.41 Å². The first-order chi connectivity index (χ1) is 13.7. The first kappa shape index (κ1) is 22.0. The predicted octanol–water partition coefficient (Wildman–Crippen LogP) is 2.87. The van der Waals surface area contributed by atoms with Gasteiger partial charge in [-0.2, -0.15) is 13.2 Å². The van der Waals surface area contributed by atoms with E-state index in [1.54, 1.807) is 19.1 Å². The van der Waals surface area contributed by atoms with Gasteiger partial charge in [-0.1, -0.05) is 11.2 Å². The quantitative estimate of drug-likeness (QED) is 0.266. The summed E-state index contributed by atoms with van der Waals surface area (Å²) in [5.41, 5.74) is 2.95. The van der Waals surface area contributed by atoms with Gasteiger partial charge in [-0.25, -0.2) is 10.8 Å². The minimum absolute atomic E-state index is 0.00177. The second-order valence-electron chi connectivity index (χ2n) is 5.78. The summed E-state index contributed by atoms with van der Waals surface area (Å²) in [5, 5.41) is 11.3. The van der Waals surface area contributed by atoms with Crippen LogP contribution in [-0.2, 0) is 17.6 Å². The first-order valence-corrected chi connectivity index (χ1v) is 8.28. The Morgan fingerprint density at radius 1 is 1.28 bits per heavy atom. The van der Waals surface area contributed by atoms with Crippen LogP contribution in [0.5, 0.6) is 11.6 Å². The Morgan fingerprint density at radius 2 is 2.03 bits per heavy atom. The highest BCUT2D eigenvalue weighted by atomic mass is 19.4. The molecule has 11 heteroatoms. The van der Waals surface area contributed by atoms with Crippen LogP contribution >= 0.6 is 0 Å². The summed E-state index contributed by atoms with van der Waals surface area (Å²) in [6.45, 7) is 1.61. The number of nitrogens with one attached hydrogen (secondary N) is 2. The number of alkyl halides is 3. The van der Waals surface area contributed by atoms with E-state index in [1.165, 1.54) is 25.4 Å². The molecule has 156 valence electrons. The number of amidine groups is 1. The third-order valence-corrected chi connectivity index (χ3v) is 3.70. The molecule has 0 saturated heterocycles. The molecule has 1 heterocycles. The molecular formula is C18H20F3N5O3. The van der Waals surface area contributed by atoms with E-state index in [0.29, 0.717) is 22.7 Å². The molecule has 29 heavy (non-hydrogen) atoms. The molecule has 0 fully saturated rings. The second-order valence-corrected chi connectivity index (χ2v) is 5.78. The maximum absolute atomic E-state index is 12.9. The molecule has 0 spiro atoms. The van der Waals surface area contributed by atoms with Gasteiger partial charge in [0.15, 0.2) is 0 Å². The van der Waals surface area contributed by atoms with E-state index < -0.39 is 11.7 Å². The van der Waals surface area contributed by atoms with E-state index >= 15 is 0 Å². The van der Waals surface area contributed by atoms with Crippen LogP contribution in [0.2, 0.25) is 0 Å². The van der Waals surface area contributed by atoms with Crippen molar-refractivity contribution in [3.63, 3.8) is 0 Å². The summed E-state index contributed by atoms with van der Waals surface area (Å²) in [6.07, 6.45) is -2.98. The Balaban J connectivity index is 1.97. The van der Waals surface area contributed by atoms with Crippen LogP contribution in [0.15, 0.2) is 41.7 Å². The number of rotatable bonds is 8. The van der Waals surface area contributed by atoms with Gasteiger partial charge in [-0.15, -0.1) is 0 Å². The van der Waals surface area contributed by atoms with Crippen LogP contribution in [0.3, 0.4) is 0 Å². The van der Waals surface area contributed by atoms with Gasteiger partial charge in [-0.05, 0) is 30.7 Å². The van der Waals surface area contributed by atoms with E-state index in [1.807, 2.05) is 0 Å². The molecule has 1 aromatic heterocycles. The van der Waals surface area contributed by atoms with Crippen molar-refractivity contribution in [3.05, 3.63) is 53.2 Å². The molecule has 0 aliphatic rings. The monoisotopic (exact) mass is 411 g/mol. The van der Waals surface area contributed by atoms with Gasteiger partial charge in [0.05, 0.1) is 18.4 Å². The Bertz CT molecular complexity index is 870. The zero-order valence-corrected chi connectivity index (χ0v) is 15.7. The summed E-state index contributed by atoms with van der Waals surface area (Å²) in [6, 6.07) is 6.80. The molecule has 0 amide bonds. The number of methoxy groups -OCH3 is 1.